The number of nitrogens with one attached hydrogen (secondary N) is 1. The zero-order chi connectivity index (χ0) is 23.1. The molecule has 5 rings (SSSR count). The molecule has 4 aromatic rings. The second-order valence-corrected chi connectivity index (χ2v) is 9.03. The third-order valence-corrected chi connectivity index (χ3v) is 6.70. The van der Waals surface area contributed by atoms with Crippen LogP contribution in [0.15, 0.2) is 52.4 Å². The summed E-state index contributed by atoms with van der Waals surface area (Å²) < 4.78 is 3.51. The highest BCUT2D eigenvalue weighted by Crippen LogP contribution is 2.25. The van der Waals surface area contributed by atoms with Crippen molar-refractivity contribution < 1.29 is 9.59 Å². The Morgan fingerprint density at radius 2 is 1.88 bits per heavy atom. The molecular formula is C23H22N6O3S. The van der Waals surface area contributed by atoms with Gasteiger partial charge in [0.1, 0.15) is 0 Å². The van der Waals surface area contributed by atoms with E-state index in [-0.39, 0.29) is 24.0 Å². The van der Waals surface area contributed by atoms with Gasteiger partial charge in [-0.3, -0.25) is 18.9 Å². The molecule has 1 N–H and O–H groups in total. The molecule has 0 radical (unpaired) electrons. The number of imide groups is 1. The van der Waals surface area contributed by atoms with Crippen molar-refractivity contribution in [2.45, 2.75) is 25.4 Å². The molecule has 1 aliphatic rings. The Labute approximate surface area is 193 Å². The molecule has 0 saturated carbocycles. The van der Waals surface area contributed by atoms with Gasteiger partial charge in [-0.1, -0.05) is 41.6 Å². The van der Waals surface area contributed by atoms with Crippen molar-refractivity contribution in [1.29, 1.82) is 0 Å². The predicted octanol–water partition coefficient (Wildman–Crippen LogP) is 2.68. The first-order valence-electron chi connectivity index (χ1n) is 10.6. The van der Waals surface area contributed by atoms with Gasteiger partial charge in [-0.2, -0.15) is 0 Å². The lowest BCUT2D eigenvalue weighted by molar-refractivity contribution is -0.124. The Hall–Kier alpha value is -3.66. The molecule has 1 aliphatic heterocycles. The first kappa shape index (κ1) is 21.2. The van der Waals surface area contributed by atoms with Gasteiger partial charge in [0.15, 0.2) is 5.16 Å². The number of hydrogen-bond acceptors (Lipinski definition) is 6. The number of benzene rings is 2. The predicted molar refractivity (Wildman–Crippen MR) is 126 cm³/mol. The van der Waals surface area contributed by atoms with Crippen LogP contribution >= 0.6 is 11.8 Å². The van der Waals surface area contributed by atoms with E-state index in [0.717, 1.165) is 22.3 Å². The number of hydrogen-bond donors (Lipinski definition) is 1. The van der Waals surface area contributed by atoms with E-state index in [1.54, 1.807) is 4.57 Å². The Bertz CT molecular complexity index is 1460. The topological polar surface area (TPSA) is 102 Å². The number of carbonyl (C=O) groups excluding carboxylic acids is 2. The fourth-order valence-electron chi connectivity index (χ4n) is 4.11. The maximum absolute atomic E-state index is 13.5. The third kappa shape index (κ3) is 3.66. The van der Waals surface area contributed by atoms with Gasteiger partial charge in [-0.15, -0.1) is 10.2 Å². The molecule has 3 heterocycles. The number of carbonyl (C=O) groups is 2. The summed E-state index contributed by atoms with van der Waals surface area (Å²) in [5.41, 5.74) is 3.44. The highest BCUT2D eigenvalue weighted by atomic mass is 32.2. The monoisotopic (exact) mass is 462 g/mol. The molecule has 0 bridgehead atoms. The molecule has 0 aliphatic carbocycles. The first-order valence-corrected chi connectivity index (χ1v) is 11.6. The van der Waals surface area contributed by atoms with E-state index < -0.39 is 0 Å². The van der Waals surface area contributed by atoms with Crippen LogP contribution < -0.4 is 10.9 Å². The molecule has 33 heavy (non-hydrogen) atoms. The summed E-state index contributed by atoms with van der Waals surface area (Å²) in [5, 5.41) is 12.5. The molecule has 2 aromatic heterocycles. The van der Waals surface area contributed by atoms with Crippen molar-refractivity contribution in [2.75, 3.05) is 18.8 Å². The van der Waals surface area contributed by atoms with Crippen LogP contribution in [0.1, 0.15) is 17.5 Å². The molecule has 10 heteroatoms. The van der Waals surface area contributed by atoms with Gasteiger partial charge >= 0.3 is 6.03 Å². The van der Waals surface area contributed by atoms with Gasteiger partial charge in [-0.25, -0.2) is 9.36 Å². The molecule has 3 amide bonds. The molecular weight excluding hydrogens is 440 g/mol. The number of fused-ring (bicyclic) bond motifs is 3. The van der Waals surface area contributed by atoms with Crippen LogP contribution in [-0.4, -0.2) is 54.8 Å². The summed E-state index contributed by atoms with van der Waals surface area (Å²) in [6, 6.07) is 13.0. The van der Waals surface area contributed by atoms with Crippen molar-refractivity contribution in [3.8, 4) is 5.69 Å². The van der Waals surface area contributed by atoms with Gasteiger partial charge in [0.05, 0.1) is 23.1 Å². The first-order chi connectivity index (χ1) is 16.0. The highest BCUT2D eigenvalue weighted by Gasteiger charge is 2.27. The lowest BCUT2D eigenvalue weighted by atomic mass is 10.1. The van der Waals surface area contributed by atoms with E-state index in [1.807, 2.05) is 60.7 Å². The summed E-state index contributed by atoms with van der Waals surface area (Å²) in [6.45, 7) is 4.40. The summed E-state index contributed by atoms with van der Waals surface area (Å²) in [5.74, 6) is 0.873. The van der Waals surface area contributed by atoms with Gasteiger partial charge < -0.3 is 5.32 Å². The second kappa shape index (κ2) is 8.36. The number of para-hydroxylation sites is 1. The number of aromatic nitrogens is 4. The maximum Gasteiger partial charge on any atom is 0.324 e. The molecule has 168 valence electrons. The summed E-state index contributed by atoms with van der Waals surface area (Å²) in [6.07, 6.45) is 0.618. The van der Waals surface area contributed by atoms with Gasteiger partial charge in [0.25, 0.3) is 5.56 Å². The van der Waals surface area contributed by atoms with Gasteiger partial charge in [0, 0.05) is 12.3 Å². The number of amides is 3. The van der Waals surface area contributed by atoms with Crippen molar-refractivity contribution >= 4 is 40.4 Å². The van der Waals surface area contributed by atoms with Crippen LogP contribution in [-0.2, 0) is 4.79 Å². The second-order valence-electron chi connectivity index (χ2n) is 7.97. The van der Waals surface area contributed by atoms with Gasteiger partial charge in [0.2, 0.25) is 11.7 Å². The smallest absolute Gasteiger partial charge is 0.324 e. The molecule has 1 fully saturated rings. The largest absolute Gasteiger partial charge is 0.329 e. The minimum absolute atomic E-state index is 0.0583. The maximum atomic E-state index is 13.5. The van der Waals surface area contributed by atoms with Crippen molar-refractivity contribution in [1.82, 2.24) is 29.4 Å². The van der Waals surface area contributed by atoms with Gasteiger partial charge in [-0.05, 0) is 44.0 Å². The molecule has 1 saturated heterocycles. The fraction of sp³-hybridized carbons (Fsp3) is 0.261. The Balaban J connectivity index is 1.54. The van der Waals surface area contributed by atoms with Crippen LogP contribution in [0, 0.1) is 13.8 Å². The van der Waals surface area contributed by atoms with E-state index in [4.69, 9.17) is 0 Å². The highest BCUT2D eigenvalue weighted by molar-refractivity contribution is 7.99. The number of aryl methyl sites for hydroxylation is 2. The van der Waals surface area contributed by atoms with E-state index in [0.29, 0.717) is 35.0 Å². The van der Waals surface area contributed by atoms with E-state index in [2.05, 4.69) is 15.5 Å². The van der Waals surface area contributed by atoms with Crippen molar-refractivity contribution in [3.63, 3.8) is 0 Å². The quantitative estimate of drug-likeness (QED) is 0.269. The van der Waals surface area contributed by atoms with Crippen LogP contribution in [0.4, 0.5) is 4.79 Å². The SMILES string of the molecule is Cc1ccc(-n2c(=O)c3ccccc3n3c(SCCCN4C(=O)CNC4=O)nnc23)c(C)c1. The molecule has 0 atom stereocenters. The minimum atomic E-state index is -0.346. The average Bonchev–Trinajstić information content (AvgIpc) is 3.36. The van der Waals surface area contributed by atoms with Crippen molar-refractivity contribution in [3.05, 3.63) is 63.9 Å². The van der Waals surface area contributed by atoms with Crippen LogP contribution in [0.2, 0.25) is 0 Å². The Morgan fingerprint density at radius 1 is 1.06 bits per heavy atom. The minimum Gasteiger partial charge on any atom is -0.329 e. The zero-order valence-electron chi connectivity index (χ0n) is 18.2. The molecule has 9 nitrogen and oxygen atoms in total. The van der Waals surface area contributed by atoms with Crippen LogP contribution in [0.25, 0.3) is 22.4 Å². The Morgan fingerprint density at radius 3 is 2.64 bits per heavy atom. The number of rotatable bonds is 6. The standard InChI is InChI=1S/C23H22N6O3S/c1-14-8-9-17(15(2)12-14)28-20(31)16-6-3-4-7-18(16)29-21(28)25-26-23(29)33-11-5-10-27-19(30)13-24-22(27)32/h3-4,6-9,12H,5,10-11,13H2,1-2H3,(H,24,32). The molecule has 2 aromatic carbocycles. The zero-order valence-corrected chi connectivity index (χ0v) is 19.1. The van der Waals surface area contributed by atoms with Crippen molar-refractivity contribution in [2.24, 2.45) is 0 Å². The summed E-state index contributed by atoms with van der Waals surface area (Å²) in [7, 11) is 0. The van der Waals surface area contributed by atoms with E-state index in [1.165, 1.54) is 16.7 Å². The van der Waals surface area contributed by atoms with E-state index >= 15 is 0 Å². The average molecular weight is 463 g/mol. The van der Waals surface area contributed by atoms with Crippen LogP contribution in [0.3, 0.4) is 0 Å². The number of nitrogens with zero attached hydrogens (tertiary/aromatic N) is 5. The summed E-state index contributed by atoms with van der Waals surface area (Å²) >= 11 is 1.48. The lowest BCUT2D eigenvalue weighted by Crippen LogP contribution is -2.32. The lowest BCUT2D eigenvalue weighted by Gasteiger charge is -2.14. The number of thioether (sulfide) groups is 1. The number of urea groups is 1. The fourth-order valence-corrected chi connectivity index (χ4v) is 4.98. The molecule has 0 spiro atoms. The Kier molecular flexibility index (Phi) is 5.37. The van der Waals surface area contributed by atoms with Crippen LogP contribution in [0.5, 0.6) is 0 Å². The van der Waals surface area contributed by atoms with E-state index in [9.17, 15) is 14.4 Å². The normalized spacial score (nSPS) is 13.9. The molecule has 0 unspecified atom stereocenters. The third-order valence-electron chi connectivity index (χ3n) is 5.68. The summed E-state index contributed by atoms with van der Waals surface area (Å²) in [4.78, 5) is 38.2.